The summed E-state index contributed by atoms with van der Waals surface area (Å²) in [6, 6.07) is 0. The third-order valence-electron chi connectivity index (χ3n) is 3.86. The second-order valence-electron chi connectivity index (χ2n) is 4.72. The number of rotatable bonds is 0. The highest BCUT2D eigenvalue weighted by atomic mass is 16.3. The first-order valence-corrected chi connectivity index (χ1v) is 5.44. The van der Waals surface area contributed by atoms with Gasteiger partial charge in [0.15, 0.2) is 0 Å². The van der Waals surface area contributed by atoms with E-state index in [-0.39, 0.29) is 0 Å². The molecule has 0 aromatic rings. The molecule has 3 unspecified atom stereocenters. The van der Waals surface area contributed by atoms with Crippen molar-refractivity contribution < 1.29 is 5.11 Å². The first-order valence-electron chi connectivity index (χ1n) is 5.44. The van der Waals surface area contributed by atoms with Crippen molar-refractivity contribution in [2.45, 2.75) is 50.5 Å². The third kappa shape index (κ3) is 1.74. The van der Waals surface area contributed by atoms with Gasteiger partial charge >= 0.3 is 0 Å². The lowest BCUT2D eigenvalue weighted by Crippen LogP contribution is -2.39. The molecule has 2 rings (SSSR count). The van der Waals surface area contributed by atoms with E-state index in [4.69, 9.17) is 6.42 Å². The van der Waals surface area contributed by atoms with Crippen LogP contribution in [0.15, 0.2) is 0 Å². The molecule has 2 aliphatic carbocycles. The molecular weight excluding hydrogens is 160 g/mol. The van der Waals surface area contributed by atoms with Crippen LogP contribution in [0.5, 0.6) is 0 Å². The van der Waals surface area contributed by atoms with Crippen LogP contribution in [0.3, 0.4) is 0 Å². The van der Waals surface area contributed by atoms with Crippen molar-refractivity contribution in [1.82, 2.24) is 0 Å². The molecule has 2 saturated carbocycles. The van der Waals surface area contributed by atoms with E-state index in [0.717, 1.165) is 25.2 Å². The first-order chi connectivity index (χ1) is 6.23. The molecule has 1 heteroatoms. The van der Waals surface area contributed by atoms with E-state index in [0.29, 0.717) is 5.92 Å². The van der Waals surface area contributed by atoms with Gasteiger partial charge in [-0.15, -0.1) is 6.42 Å². The second-order valence-corrected chi connectivity index (χ2v) is 4.72. The van der Waals surface area contributed by atoms with Crippen LogP contribution in [0.2, 0.25) is 0 Å². The van der Waals surface area contributed by atoms with Crippen molar-refractivity contribution in [2.75, 3.05) is 0 Å². The summed E-state index contributed by atoms with van der Waals surface area (Å²) in [7, 11) is 0. The van der Waals surface area contributed by atoms with Gasteiger partial charge in [-0.05, 0) is 31.1 Å². The molecule has 72 valence electrons. The van der Waals surface area contributed by atoms with Gasteiger partial charge in [-0.2, -0.15) is 0 Å². The highest BCUT2D eigenvalue weighted by molar-refractivity contribution is 5.10. The Morgan fingerprint density at radius 1 is 1.15 bits per heavy atom. The number of aliphatic hydroxyl groups is 1. The quantitative estimate of drug-likeness (QED) is 0.564. The van der Waals surface area contributed by atoms with E-state index in [1.165, 1.54) is 25.7 Å². The summed E-state index contributed by atoms with van der Waals surface area (Å²) < 4.78 is 0. The zero-order chi connectivity index (χ0) is 9.31. The maximum absolute atomic E-state index is 9.98. The van der Waals surface area contributed by atoms with Gasteiger partial charge in [-0.3, -0.25) is 0 Å². The van der Waals surface area contributed by atoms with Gasteiger partial charge in [0.25, 0.3) is 0 Å². The molecule has 2 fully saturated rings. The lowest BCUT2D eigenvalue weighted by atomic mass is 9.66. The van der Waals surface area contributed by atoms with E-state index in [1.807, 2.05) is 0 Å². The van der Waals surface area contributed by atoms with Gasteiger partial charge in [0.05, 0.1) is 0 Å². The van der Waals surface area contributed by atoms with E-state index < -0.39 is 5.60 Å². The van der Waals surface area contributed by atoms with Crippen LogP contribution in [-0.4, -0.2) is 10.7 Å². The average Bonchev–Trinajstić information content (AvgIpc) is 2.18. The highest BCUT2D eigenvalue weighted by Crippen LogP contribution is 2.43. The normalized spacial score (nSPS) is 44.9. The van der Waals surface area contributed by atoms with E-state index >= 15 is 0 Å². The minimum absolute atomic E-state index is 0.712. The van der Waals surface area contributed by atoms with Crippen LogP contribution in [0.1, 0.15) is 44.9 Å². The van der Waals surface area contributed by atoms with Crippen molar-refractivity contribution in [3.63, 3.8) is 0 Å². The molecule has 0 aromatic carbocycles. The van der Waals surface area contributed by atoms with Crippen molar-refractivity contribution in [2.24, 2.45) is 11.8 Å². The lowest BCUT2D eigenvalue weighted by molar-refractivity contribution is -0.000919. The maximum atomic E-state index is 9.98. The fourth-order valence-electron chi connectivity index (χ4n) is 3.02. The molecule has 0 bridgehead atoms. The zero-order valence-corrected chi connectivity index (χ0v) is 8.13. The Labute approximate surface area is 80.5 Å². The summed E-state index contributed by atoms with van der Waals surface area (Å²) in [6.45, 7) is 0. The Bertz CT molecular complexity index is 228. The number of terminal acetylenes is 1. The van der Waals surface area contributed by atoms with Crippen molar-refractivity contribution in [1.29, 1.82) is 0 Å². The monoisotopic (exact) mass is 178 g/mol. The molecule has 2 aliphatic rings. The molecule has 1 nitrogen and oxygen atoms in total. The molecule has 0 spiro atoms. The third-order valence-corrected chi connectivity index (χ3v) is 3.86. The number of fused-ring (bicyclic) bond motifs is 1. The largest absolute Gasteiger partial charge is 0.378 e. The van der Waals surface area contributed by atoms with Crippen molar-refractivity contribution in [3.8, 4) is 12.3 Å². The smallest absolute Gasteiger partial charge is 0.125 e. The molecule has 0 saturated heterocycles. The molecule has 3 atom stereocenters. The summed E-state index contributed by atoms with van der Waals surface area (Å²) in [5.74, 6) is 4.14. The molecule has 1 N–H and O–H groups in total. The Balaban J connectivity index is 2.03. The minimum atomic E-state index is -0.765. The van der Waals surface area contributed by atoms with Crippen LogP contribution >= 0.6 is 0 Å². The maximum Gasteiger partial charge on any atom is 0.125 e. The van der Waals surface area contributed by atoms with Crippen LogP contribution in [-0.2, 0) is 0 Å². The standard InChI is InChI=1S/C12H18O/c1-2-12(13)8-7-10-5-3-4-6-11(10)9-12/h1,10-11,13H,3-9H2. The molecule has 13 heavy (non-hydrogen) atoms. The highest BCUT2D eigenvalue weighted by Gasteiger charge is 2.38. The van der Waals surface area contributed by atoms with E-state index in [9.17, 15) is 5.11 Å². The summed E-state index contributed by atoms with van der Waals surface area (Å²) in [5, 5.41) is 9.98. The van der Waals surface area contributed by atoms with Crippen LogP contribution < -0.4 is 0 Å². The molecule has 0 amide bonds. The zero-order valence-electron chi connectivity index (χ0n) is 8.13. The number of hydrogen-bond acceptors (Lipinski definition) is 1. The Kier molecular flexibility index (Phi) is 2.34. The minimum Gasteiger partial charge on any atom is -0.378 e. The Morgan fingerprint density at radius 2 is 1.85 bits per heavy atom. The summed E-state index contributed by atoms with van der Waals surface area (Å²) in [6.07, 6.45) is 13.6. The average molecular weight is 178 g/mol. The van der Waals surface area contributed by atoms with Crippen molar-refractivity contribution >= 4 is 0 Å². The van der Waals surface area contributed by atoms with Crippen LogP contribution in [0.25, 0.3) is 0 Å². The molecule has 0 aromatic heterocycles. The van der Waals surface area contributed by atoms with Gasteiger partial charge in [-0.25, -0.2) is 0 Å². The number of hydrogen-bond donors (Lipinski definition) is 1. The van der Waals surface area contributed by atoms with E-state index in [1.54, 1.807) is 0 Å². The van der Waals surface area contributed by atoms with Gasteiger partial charge in [0, 0.05) is 0 Å². The van der Waals surface area contributed by atoms with Gasteiger partial charge in [-0.1, -0.05) is 31.6 Å². The lowest BCUT2D eigenvalue weighted by Gasteiger charge is -2.41. The predicted octanol–water partition coefficient (Wildman–Crippen LogP) is 2.34. The first kappa shape index (κ1) is 9.09. The molecular formula is C12H18O. The SMILES string of the molecule is C#CC1(O)CCC2CCCCC2C1. The van der Waals surface area contributed by atoms with Gasteiger partial charge < -0.3 is 5.11 Å². The Morgan fingerprint density at radius 3 is 2.54 bits per heavy atom. The van der Waals surface area contributed by atoms with Gasteiger partial charge in [0.1, 0.15) is 5.60 Å². The fourth-order valence-corrected chi connectivity index (χ4v) is 3.02. The topological polar surface area (TPSA) is 20.2 Å². The fraction of sp³-hybridized carbons (Fsp3) is 0.833. The summed E-state index contributed by atoms with van der Waals surface area (Å²) in [4.78, 5) is 0. The van der Waals surface area contributed by atoms with Crippen LogP contribution in [0, 0.1) is 24.2 Å². The van der Waals surface area contributed by atoms with E-state index in [2.05, 4.69) is 5.92 Å². The molecule has 0 aliphatic heterocycles. The molecule has 0 heterocycles. The molecule has 0 radical (unpaired) electrons. The second kappa shape index (κ2) is 3.35. The predicted molar refractivity (Wildman–Crippen MR) is 53.1 cm³/mol. The summed E-state index contributed by atoms with van der Waals surface area (Å²) >= 11 is 0. The van der Waals surface area contributed by atoms with Crippen LogP contribution in [0.4, 0.5) is 0 Å². The van der Waals surface area contributed by atoms with Gasteiger partial charge in [0.2, 0.25) is 0 Å². The van der Waals surface area contributed by atoms with Crippen molar-refractivity contribution in [3.05, 3.63) is 0 Å². The summed E-state index contributed by atoms with van der Waals surface area (Å²) in [5.41, 5.74) is -0.765. The Hall–Kier alpha value is -0.480.